The molecule has 0 unspecified atom stereocenters. The first-order valence-electron chi connectivity index (χ1n) is 7.97. The van der Waals surface area contributed by atoms with Gasteiger partial charge in [0.05, 0.1) is 4.90 Å². The zero-order valence-electron chi connectivity index (χ0n) is 13.0. The van der Waals surface area contributed by atoms with E-state index in [0.29, 0.717) is 12.3 Å². The molecule has 0 bridgehead atoms. The van der Waals surface area contributed by atoms with Crippen LogP contribution in [0.5, 0.6) is 0 Å². The van der Waals surface area contributed by atoms with Crippen molar-refractivity contribution in [3.05, 3.63) is 30.3 Å². The third-order valence-electron chi connectivity index (χ3n) is 4.47. The predicted molar refractivity (Wildman–Crippen MR) is 84.9 cm³/mol. The molecular weight excluding hydrogens is 300 g/mol. The molecule has 0 saturated heterocycles. The van der Waals surface area contributed by atoms with Crippen molar-refractivity contribution in [3.8, 4) is 0 Å². The Kier molecular flexibility index (Phi) is 6.15. The molecule has 4 nitrogen and oxygen atoms in total. The van der Waals surface area contributed by atoms with Crippen molar-refractivity contribution in [2.75, 3.05) is 6.61 Å². The number of carbonyl (C=O) groups excluding carboxylic acids is 1. The minimum atomic E-state index is -3.83. The maximum Gasteiger partial charge on any atom is 0.297 e. The summed E-state index contributed by atoms with van der Waals surface area (Å²) >= 11 is 0. The summed E-state index contributed by atoms with van der Waals surface area (Å²) in [6.07, 6.45) is 6.13. The lowest BCUT2D eigenvalue weighted by atomic mass is 9.79. The number of benzene rings is 1. The second kappa shape index (κ2) is 7.88. The van der Waals surface area contributed by atoms with Gasteiger partial charge in [0.25, 0.3) is 10.1 Å². The number of Topliss-reactive ketones (excluding diaryl/α,β-unsaturated/α-hetero) is 1. The molecule has 122 valence electrons. The van der Waals surface area contributed by atoms with Crippen LogP contribution >= 0.6 is 0 Å². The summed E-state index contributed by atoms with van der Waals surface area (Å²) in [6.45, 7) is 1.85. The molecule has 5 heteroatoms. The van der Waals surface area contributed by atoms with E-state index in [1.807, 2.05) is 0 Å². The molecule has 0 radical (unpaired) electrons. The largest absolute Gasteiger partial charge is 0.297 e. The Labute approximate surface area is 133 Å². The maximum absolute atomic E-state index is 12.0. The molecule has 1 aromatic rings. The standard InChI is InChI=1S/C17H24O4S/c1-2-14-8-10-15(11-9-14)12-16(18)13-21-22(19,20)17-6-4-3-5-7-17/h3-7,14-15H,2,8-13H2,1H3. The van der Waals surface area contributed by atoms with Crippen LogP contribution in [0.15, 0.2) is 35.2 Å². The summed E-state index contributed by atoms with van der Waals surface area (Å²) in [4.78, 5) is 12.0. The Balaban J connectivity index is 1.79. The highest BCUT2D eigenvalue weighted by Gasteiger charge is 2.23. The van der Waals surface area contributed by atoms with Crippen LogP contribution in [0, 0.1) is 11.8 Å². The van der Waals surface area contributed by atoms with Crippen LogP contribution in [0.2, 0.25) is 0 Å². The monoisotopic (exact) mass is 324 g/mol. The molecule has 0 N–H and O–H groups in total. The zero-order chi connectivity index (χ0) is 16.0. The van der Waals surface area contributed by atoms with Crippen molar-refractivity contribution in [2.24, 2.45) is 11.8 Å². The molecule has 0 spiro atoms. The van der Waals surface area contributed by atoms with Crippen LogP contribution in [0.25, 0.3) is 0 Å². The Hall–Kier alpha value is -1.20. The summed E-state index contributed by atoms with van der Waals surface area (Å²) in [5.41, 5.74) is 0. The molecule has 0 atom stereocenters. The van der Waals surface area contributed by atoms with E-state index in [9.17, 15) is 13.2 Å². The number of hydrogen-bond acceptors (Lipinski definition) is 4. The van der Waals surface area contributed by atoms with Crippen LogP contribution in [0.3, 0.4) is 0 Å². The highest BCUT2D eigenvalue weighted by atomic mass is 32.2. The van der Waals surface area contributed by atoms with Gasteiger partial charge in [-0.15, -0.1) is 0 Å². The van der Waals surface area contributed by atoms with E-state index < -0.39 is 10.1 Å². The van der Waals surface area contributed by atoms with Gasteiger partial charge in [0.15, 0.2) is 5.78 Å². The highest BCUT2D eigenvalue weighted by molar-refractivity contribution is 7.86. The summed E-state index contributed by atoms with van der Waals surface area (Å²) in [6, 6.07) is 7.92. The first-order valence-corrected chi connectivity index (χ1v) is 9.38. The zero-order valence-corrected chi connectivity index (χ0v) is 13.8. The lowest BCUT2D eigenvalue weighted by molar-refractivity contribution is -0.122. The molecule has 0 aliphatic heterocycles. The average Bonchev–Trinajstić information content (AvgIpc) is 2.55. The normalized spacial score (nSPS) is 22.4. The number of ketones is 1. The van der Waals surface area contributed by atoms with Crippen LogP contribution < -0.4 is 0 Å². The van der Waals surface area contributed by atoms with Crippen molar-refractivity contribution >= 4 is 15.9 Å². The van der Waals surface area contributed by atoms with Gasteiger partial charge in [0.2, 0.25) is 0 Å². The topological polar surface area (TPSA) is 60.4 Å². The number of rotatable bonds is 7. The van der Waals surface area contributed by atoms with Gasteiger partial charge in [0.1, 0.15) is 6.61 Å². The Morgan fingerprint density at radius 1 is 1.09 bits per heavy atom. The van der Waals surface area contributed by atoms with Crippen LogP contribution in [0.4, 0.5) is 0 Å². The van der Waals surface area contributed by atoms with Gasteiger partial charge in [-0.05, 0) is 36.8 Å². The molecule has 1 aromatic carbocycles. The molecule has 1 saturated carbocycles. The van der Waals surface area contributed by atoms with Gasteiger partial charge in [-0.1, -0.05) is 44.4 Å². The number of hydrogen-bond donors (Lipinski definition) is 0. The molecular formula is C17H24O4S. The van der Waals surface area contributed by atoms with Gasteiger partial charge < -0.3 is 0 Å². The third kappa shape index (κ3) is 4.92. The predicted octanol–water partition coefficient (Wildman–Crippen LogP) is 3.57. The maximum atomic E-state index is 12.0. The first kappa shape index (κ1) is 17.2. The Morgan fingerprint density at radius 2 is 1.68 bits per heavy atom. The second-order valence-corrected chi connectivity index (χ2v) is 7.68. The van der Waals surface area contributed by atoms with Crippen molar-refractivity contribution < 1.29 is 17.4 Å². The van der Waals surface area contributed by atoms with Crippen LogP contribution in [-0.2, 0) is 19.1 Å². The van der Waals surface area contributed by atoms with Gasteiger partial charge in [0, 0.05) is 6.42 Å². The Bertz CT molecular complexity index is 572. The van der Waals surface area contributed by atoms with Crippen molar-refractivity contribution in [1.82, 2.24) is 0 Å². The molecule has 2 rings (SSSR count). The van der Waals surface area contributed by atoms with Gasteiger partial charge >= 0.3 is 0 Å². The molecule has 0 heterocycles. The average molecular weight is 324 g/mol. The second-order valence-electron chi connectivity index (χ2n) is 6.07. The van der Waals surface area contributed by atoms with E-state index in [4.69, 9.17) is 4.18 Å². The Morgan fingerprint density at radius 3 is 2.27 bits per heavy atom. The third-order valence-corrected chi connectivity index (χ3v) is 5.74. The number of carbonyl (C=O) groups is 1. The molecule has 0 aromatic heterocycles. The fraction of sp³-hybridized carbons (Fsp3) is 0.588. The van der Waals surface area contributed by atoms with E-state index in [1.165, 1.54) is 31.4 Å². The quantitative estimate of drug-likeness (QED) is 0.719. The van der Waals surface area contributed by atoms with Gasteiger partial charge in [-0.2, -0.15) is 8.42 Å². The van der Waals surface area contributed by atoms with E-state index in [2.05, 4.69) is 6.92 Å². The lowest BCUT2D eigenvalue weighted by Crippen LogP contribution is -2.20. The fourth-order valence-electron chi connectivity index (χ4n) is 3.02. The highest BCUT2D eigenvalue weighted by Crippen LogP contribution is 2.32. The molecule has 1 aliphatic carbocycles. The first-order chi connectivity index (χ1) is 10.5. The minimum Gasteiger partial charge on any atom is -0.297 e. The van der Waals surface area contributed by atoms with Gasteiger partial charge in [-0.3, -0.25) is 8.98 Å². The van der Waals surface area contributed by atoms with E-state index in [0.717, 1.165) is 18.8 Å². The summed E-state index contributed by atoms with van der Waals surface area (Å²) in [5, 5.41) is 0. The fourth-order valence-corrected chi connectivity index (χ4v) is 3.94. The summed E-state index contributed by atoms with van der Waals surface area (Å²) < 4.78 is 28.8. The summed E-state index contributed by atoms with van der Waals surface area (Å²) in [7, 11) is -3.83. The molecule has 22 heavy (non-hydrogen) atoms. The van der Waals surface area contributed by atoms with Crippen molar-refractivity contribution in [2.45, 2.75) is 50.3 Å². The SMILES string of the molecule is CCC1CCC(CC(=O)COS(=O)(=O)c2ccccc2)CC1. The molecule has 1 fully saturated rings. The van der Waals surface area contributed by atoms with Crippen molar-refractivity contribution in [1.29, 1.82) is 0 Å². The smallest absolute Gasteiger partial charge is 0.297 e. The van der Waals surface area contributed by atoms with Crippen LogP contribution in [0.1, 0.15) is 45.4 Å². The van der Waals surface area contributed by atoms with Crippen LogP contribution in [-0.4, -0.2) is 20.8 Å². The minimum absolute atomic E-state index is 0.0891. The van der Waals surface area contributed by atoms with E-state index in [1.54, 1.807) is 18.2 Å². The van der Waals surface area contributed by atoms with E-state index >= 15 is 0 Å². The molecule has 1 aliphatic rings. The van der Waals surface area contributed by atoms with Crippen molar-refractivity contribution in [3.63, 3.8) is 0 Å². The lowest BCUT2D eigenvalue weighted by Gasteiger charge is -2.27. The van der Waals surface area contributed by atoms with E-state index in [-0.39, 0.29) is 17.3 Å². The van der Waals surface area contributed by atoms with Gasteiger partial charge in [-0.25, -0.2) is 0 Å². The molecule has 0 amide bonds. The summed E-state index contributed by atoms with van der Waals surface area (Å²) in [5.74, 6) is 1.05.